The number of anilines is 2. The molecule has 2 amide bonds. The highest BCUT2D eigenvalue weighted by molar-refractivity contribution is 7.15. The Morgan fingerprint density at radius 1 is 1.22 bits per heavy atom. The number of aromatic nitrogens is 2. The van der Waals surface area contributed by atoms with Gasteiger partial charge in [-0.15, -0.1) is 10.2 Å². The van der Waals surface area contributed by atoms with Gasteiger partial charge in [0.25, 0.3) is 6.43 Å². The van der Waals surface area contributed by atoms with Crippen LogP contribution in [0.3, 0.4) is 0 Å². The summed E-state index contributed by atoms with van der Waals surface area (Å²) in [4.78, 5) is 11.9. The number of nitrogens with one attached hydrogen (secondary N) is 2. The van der Waals surface area contributed by atoms with Crippen LogP contribution in [-0.2, 0) is 0 Å². The van der Waals surface area contributed by atoms with E-state index in [2.05, 4.69) is 20.8 Å². The zero-order valence-electron chi connectivity index (χ0n) is 11.9. The molecule has 1 aromatic heterocycles. The Balaban J connectivity index is 2.11. The average molecular weight is 365 g/mol. The van der Waals surface area contributed by atoms with E-state index < -0.39 is 17.5 Å². The molecule has 1 aromatic carbocycles. The maximum Gasteiger partial charge on any atom is 0.325 e. The maximum absolute atomic E-state index is 12.4. The van der Waals surface area contributed by atoms with Gasteiger partial charge in [-0.1, -0.05) is 22.9 Å². The summed E-state index contributed by atoms with van der Waals surface area (Å²) < 4.78 is 35.0. The van der Waals surface area contributed by atoms with Gasteiger partial charge >= 0.3 is 6.03 Å². The van der Waals surface area contributed by atoms with Crippen LogP contribution in [0.2, 0.25) is 5.02 Å². The molecule has 0 atom stereocenters. The second-order valence-electron chi connectivity index (χ2n) is 4.01. The fourth-order valence-corrected chi connectivity index (χ4v) is 2.42. The predicted octanol–water partition coefficient (Wildman–Crippen LogP) is 3.79. The van der Waals surface area contributed by atoms with Crippen LogP contribution >= 0.6 is 22.9 Å². The SMILES string of the molecule is COc1cc(OC)c(NC(=O)Nc2nnc(C(F)F)s2)cc1Cl. The van der Waals surface area contributed by atoms with Crippen LogP contribution in [-0.4, -0.2) is 30.4 Å². The van der Waals surface area contributed by atoms with Crippen LogP contribution in [0, 0.1) is 0 Å². The van der Waals surface area contributed by atoms with Crippen molar-refractivity contribution in [1.82, 2.24) is 10.2 Å². The fourth-order valence-electron chi connectivity index (χ4n) is 1.58. The minimum Gasteiger partial charge on any atom is -0.495 e. The number of ether oxygens (including phenoxy) is 2. The van der Waals surface area contributed by atoms with E-state index in [4.69, 9.17) is 21.1 Å². The van der Waals surface area contributed by atoms with Gasteiger partial charge in [0.1, 0.15) is 11.5 Å². The third-order valence-electron chi connectivity index (χ3n) is 2.57. The van der Waals surface area contributed by atoms with Crippen LogP contribution in [0.25, 0.3) is 0 Å². The first kappa shape index (κ1) is 17.2. The zero-order chi connectivity index (χ0) is 17.0. The number of nitrogens with zero attached hydrogens (tertiary/aromatic N) is 2. The minimum absolute atomic E-state index is 0.0589. The topological polar surface area (TPSA) is 85.4 Å². The van der Waals surface area contributed by atoms with Crippen LogP contribution in [0.4, 0.5) is 24.4 Å². The summed E-state index contributed by atoms with van der Waals surface area (Å²) in [6.45, 7) is 0. The van der Waals surface area contributed by atoms with Crippen molar-refractivity contribution in [2.24, 2.45) is 0 Å². The van der Waals surface area contributed by atoms with Crippen LogP contribution in [0.1, 0.15) is 11.4 Å². The largest absolute Gasteiger partial charge is 0.495 e. The Kier molecular flexibility index (Phi) is 5.50. The second kappa shape index (κ2) is 7.38. The van der Waals surface area contributed by atoms with Gasteiger partial charge in [-0.3, -0.25) is 5.32 Å². The number of amides is 2. The third-order valence-corrected chi connectivity index (χ3v) is 3.71. The van der Waals surface area contributed by atoms with Crippen molar-refractivity contribution >= 4 is 39.8 Å². The van der Waals surface area contributed by atoms with Crippen LogP contribution in [0.15, 0.2) is 12.1 Å². The van der Waals surface area contributed by atoms with E-state index in [1.165, 1.54) is 26.4 Å². The molecule has 0 saturated carbocycles. The van der Waals surface area contributed by atoms with Gasteiger partial charge in [-0.2, -0.15) is 0 Å². The van der Waals surface area contributed by atoms with Gasteiger partial charge in [0.05, 0.1) is 24.9 Å². The van der Waals surface area contributed by atoms with Crippen molar-refractivity contribution < 1.29 is 23.0 Å². The quantitative estimate of drug-likeness (QED) is 0.843. The minimum atomic E-state index is -2.74. The number of benzene rings is 1. The number of carbonyl (C=O) groups is 1. The first-order chi connectivity index (χ1) is 10.9. The second-order valence-corrected chi connectivity index (χ2v) is 5.43. The molecule has 0 saturated heterocycles. The normalized spacial score (nSPS) is 10.5. The molecular formula is C12H11ClF2N4O3S. The predicted molar refractivity (Wildman–Crippen MR) is 82.1 cm³/mol. The van der Waals surface area contributed by atoms with Gasteiger partial charge < -0.3 is 14.8 Å². The van der Waals surface area contributed by atoms with Crippen molar-refractivity contribution in [3.8, 4) is 11.5 Å². The van der Waals surface area contributed by atoms with Crippen molar-refractivity contribution in [2.75, 3.05) is 24.9 Å². The lowest BCUT2D eigenvalue weighted by Crippen LogP contribution is -2.19. The first-order valence-corrected chi connectivity index (χ1v) is 7.25. The summed E-state index contributed by atoms with van der Waals surface area (Å²) in [5, 5.41) is 11.2. The molecule has 2 N–H and O–H groups in total. The van der Waals surface area contributed by atoms with E-state index >= 15 is 0 Å². The van der Waals surface area contributed by atoms with E-state index in [0.717, 1.165) is 0 Å². The van der Waals surface area contributed by atoms with E-state index in [1.807, 2.05) is 0 Å². The average Bonchev–Trinajstić information content (AvgIpc) is 2.96. The van der Waals surface area contributed by atoms with E-state index in [0.29, 0.717) is 22.8 Å². The van der Waals surface area contributed by atoms with Crippen molar-refractivity contribution in [3.63, 3.8) is 0 Å². The summed E-state index contributed by atoms with van der Waals surface area (Å²) in [5.41, 5.74) is 0.273. The number of halogens is 3. The first-order valence-electron chi connectivity index (χ1n) is 6.05. The molecule has 2 aromatic rings. The lowest BCUT2D eigenvalue weighted by Gasteiger charge is -2.12. The smallest absolute Gasteiger partial charge is 0.325 e. The Hall–Kier alpha value is -2.20. The summed E-state index contributed by atoms with van der Waals surface area (Å²) in [7, 11) is 2.85. The summed E-state index contributed by atoms with van der Waals surface area (Å²) >= 11 is 6.56. The summed E-state index contributed by atoms with van der Waals surface area (Å²) in [5.74, 6) is 0.687. The Morgan fingerprint density at radius 2 is 1.91 bits per heavy atom. The standard InChI is InChI=1S/C12H11ClF2N4O3S/c1-21-7-4-8(22-2)6(3-5(7)13)16-11(20)17-12-19-18-10(23-12)9(14)15/h3-4,9H,1-2H3,(H2,16,17,19,20). The summed E-state index contributed by atoms with van der Waals surface area (Å²) in [6.07, 6.45) is -2.74. The molecule has 0 spiro atoms. The van der Waals surface area contributed by atoms with Crippen LogP contribution < -0.4 is 20.1 Å². The Labute approximate surface area is 138 Å². The zero-order valence-corrected chi connectivity index (χ0v) is 13.5. The number of hydrogen-bond acceptors (Lipinski definition) is 6. The fraction of sp³-hybridized carbons (Fsp3) is 0.250. The molecule has 0 fully saturated rings. The maximum atomic E-state index is 12.4. The molecule has 0 radical (unpaired) electrons. The highest BCUT2D eigenvalue weighted by atomic mass is 35.5. The number of carbonyl (C=O) groups excluding carboxylic acids is 1. The number of rotatable bonds is 5. The Morgan fingerprint density at radius 3 is 2.48 bits per heavy atom. The number of hydrogen-bond donors (Lipinski definition) is 2. The van der Waals surface area contributed by atoms with Gasteiger partial charge in [0.2, 0.25) is 5.13 Å². The lowest BCUT2D eigenvalue weighted by atomic mass is 10.2. The lowest BCUT2D eigenvalue weighted by molar-refractivity contribution is 0.150. The number of methoxy groups -OCH3 is 2. The number of urea groups is 1. The van der Waals surface area contributed by atoms with Gasteiger partial charge in [0.15, 0.2) is 5.01 Å². The monoisotopic (exact) mass is 364 g/mol. The van der Waals surface area contributed by atoms with Gasteiger partial charge in [-0.25, -0.2) is 13.6 Å². The van der Waals surface area contributed by atoms with E-state index in [1.54, 1.807) is 0 Å². The highest BCUT2D eigenvalue weighted by Gasteiger charge is 2.17. The molecule has 0 aliphatic carbocycles. The molecule has 7 nitrogen and oxygen atoms in total. The molecule has 0 aliphatic rings. The highest BCUT2D eigenvalue weighted by Crippen LogP contribution is 2.36. The molecule has 1 heterocycles. The van der Waals surface area contributed by atoms with E-state index in [9.17, 15) is 13.6 Å². The molecule has 124 valence electrons. The van der Waals surface area contributed by atoms with Crippen LogP contribution in [0.5, 0.6) is 11.5 Å². The van der Waals surface area contributed by atoms with E-state index in [-0.39, 0.29) is 15.8 Å². The molecule has 11 heteroatoms. The molecule has 23 heavy (non-hydrogen) atoms. The third kappa shape index (κ3) is 4.17. The van der Waals surface area contributed by atoms with Crippen molar-refractivity contribution in [3.05, 3.63) is 22.2 Å². The van der Waals surface area contributed by atoms with Gasteiger partial charge in [-0.05, 0) is 6.07 Å². The Bertz CT molecular complexity index is 714. The number of alkyl halides is 2. The van der Waals surface area contributed by atoms with Crippen molar-refractivity contribution in [2.45, 2.75) is 6.43 Å². The summed E-state index contributed by atoms with van der Waals surface area (Å²) in [6, 6.07) is 2.22. The molecule has 0 aliphatic heterocycles. The molecule has 0 unspecified atom stereocenters. The molecule has 0 bridgehead atoms. The van der Waals surface area contributed by atoms with Gasteiger partial charge in [0, 0.05) is 6.07 Å². The molecule has 2 rings (SSSR count). The van der Waals surface area contributed by atoms with Crippen molar-refractivity contribution in [1.29, 1.82) is 0 Å². The molecular weight excluding hydrogens is 354 g/mol.